The summed E-state index contributed by atoms with van der Waals surface area (Å²) in [6.45, 7) is 1.19. The van der Waals surface area contributed by atoms with E-state index >= 15 is 0 Å². The van der Waals surface area contributed by atoms with E-state index in [9.17, 15) is 4.79 Å². The molecule has 0 saturated heterocycles. The number of hydrogen-bond acceptors (Lipinski definition) is 4. The minimum absolute atomic E-state index is 0. The first kappa shape index (κ1) is 23.3. The van der Waals surface area contributed by atoms with Gasteiger partial charge in [-0.05, 0) is 43.4 Å². The maximum atomic E-state index is 12.0. The molecular formula is C23H30IN5O2. The van der Waals surface area contributed by atoms with Crippen molar-refractivity contribution in [1.29, 1.82) is 0 Å². The number of guanidine groups is 1. The number of rotatable bonds is 6. The van der Waals surface area contributed by atoms with E-state index in [0.717, 1.165) is 29.7 Å². The number of hydrogen-bond donors (Lipinski definition) is 3. The molecule has 3 N–H and O–H groups in total. The summed E-state index contributed by atoms with van der Waals surface area (Å²) in [6, 6.07) is 11.9. The van der Waals surface area contributed by atoms with Gasteiger partial charge in [0.2, 0.25) is 11.8 Å². The van der Waals surface area contributed by atoms with Crippen molar-refractivity contribution in [2.24, 2.45) is 4.99 Å². The van der Waals surface area contributed by atoms with Gasteiger partial charge in [0.25, 0.3) is 0 Å². The zero-order chi connectivity index (χ0) is 20.8. The van der Waals surface area contributed by atoms with Gasteiger partial charge in [0.05, 0.1) is 0 Å². The lowest BCUT2D eigenvalue weighted by molar-refractivity contribution is -0.116. The van der Waals surface area contributed by atoms with Crippen LogP contribution in [0.25, 0.3) is 0 Å². The Balaban J connectivity index is 0.00000272. The highest BCUT2D eigenvalue weighted by Crippen LogP contribution is 2.31. The number of aliphatic imine (C=N–C) groups is 1. The van der Waals surface area contributed by atoms with E-state index in [1.54, 1.807) is 13.2 Å². The lowest BCUT2D eigenvalue weighted by Crippen LogP contribution is -2.40. The van der Waals surface area contributed by atoms with Crippen LogP contribution in [0.4, 0.5) is 5.69 Å². The summed E-state index contributed by atoms with van der Waals surface area (Å²) in [5.74, 6) is 1.54. The number of nitrogens with zero attached hydrogens (tertiary/aromatic N) is 2. The number of halogens is 1. The Morgan fingerprint density at radius 1 is 1.19 bits per heavy atom. The second-order valence-corrected chi connectivity index (χ2v) is 7.84. The zero-order valence-electron chi connectivity index (χ0n) is 17.8. The summed E-state index contributed by atoms with van der Waals surface area (Å²) < 4.78 is 6.12. The van der Waals surface area contributed by atoms with Crippen molar-refractivity contribution in [3.63, 3.8) is 0 Å². The first-order chi connectivity index (χ1) is 14.7. The Kier molecular flexibility index (Phi) is 8.51. The van der Waals surface area contributed by atoms with Crippen LogP contribution < -0.4 is 20.7 Å². The molecule has 1 amide bonds. The number of pyridine rings is 1. The van der Waals surface area contributed by atoms with E-state index in [4.69, 9.17) is 4.74 Å². The van der Waals surface area contributed by atoms with E-state index < -0.39 is 0 Å². The molecule has 7 nitrogen and oxygen atoms in total. The zero-order valence-corrected chi connectivity index (χ0v) is 20.1. The number of fused-ring (bicyclic) bond motifs is 1. The Morgan fingerprint density at radius 2 is 2.00 bits per heavy atom. The van der Waals surface area contributed by atoms with Crippen LogP contribution >= 0.6 is 24.0 Å². The molecule has 2 heterocycles. The van der Waals surface area contributed by atoms with E-state index in [-0.39, 0.29) is 41.9 Å². The van der Waals surface area contributed by atoms with Gasteiger partial charge in [0, 0.05) is 49.9 Å². The van der Waals surface area contributed by atoms with Crippen LogP contribution in [0.1, 0.15) is 49.1 Å². The van der Waals surface area contributed by atoms with Crippen molar-refractivity contribution in [2.45, 2.75) is 50.7 Å². The Labute approximate surface area is 200 Å². The fourth-order valence-electron chi connectivity index (χ4n) is 4.13. The van der Waals surface area contributed by atoms with E-state index in [0.29, 0.717) is 31.3 Å². The first-order valence-corrected chi connectivity index (χ1v) is 10.7. The van der Waals surface area contributed by atoms with Crippen LogP contribution in [0.15, 0.2) is 47.6 Å². The smallest absolute Gasteiger partial charge is 0.225 e. The summed E-state index contributed by atoms with van der Waals surface area (Å²) in [6.07, 6.45) is 7.16. The molecule has 166 valence electrons. The average molecular weight is 535 g/mol. The third kappa shape index (κ3) is 6.09. The maximum Gasteiger partial charge on any atom is 0.225 e. The summed E-state index contributed by atoms with van der Waals surface area (Å²) in [4.78, 5) is 20.8. The lowest BCUT2D eigenvalue weighted by Gasteiger charge is -2.26. The Hall–Kier alpha value is -2.36. The fraction of sp³-hybridized carbons (Fsp3) is 0.435. The topological polar surface area (TPSA) is 87.6 Å². The van der Waals surface area contributed by atoms with Crippen LogP contribution in [0.5, 0.6) is 5.88 Å². The predicted octanol–water partition coefficient (Wildman–Crippen LogP) is 3.81. The van der Waals surface area contributed by atoms with Gasteiger partial charge in [0.1, 0.15) is 6.10 Å². The minimum Gasteiger partial charge on any atom is -0.474 e. The van der Waals surface area contributed by atoms with Crippen molar-refractivity contribution in [3.05, 3.63) is 53.7 Å². The number of para-hydroxylation sites is 1. The third-order valence-electron chi connectivity index (χ3n) is 5.72. The van der Waals surface area contributed by atoms with Crippen LogP contribution in [0, 0.1) is 0 Å². The molecule has 2 aromatic rings. The molecule has 0 bridgehead atoms. The highest BCUT2D eigenvalue weighted by molar-refractivity contribution is 14.0. The summed E-state index contributed by atoms with van der Waals surface area (Å²) in [7, 11) is 1.75. The molecule has 1 aliphatic carbocycles. The van der Waals surface area contributed by atoms with Crippen LogP contribution in [0.3, 0.4) is 0 Å². The molecule has 1 saturated carbocycles. The van der Waals surface area contributed by atoms with Gasteiger partial charge in [-0.1, -0.05) is 24.3 Å². The molecule has 8 heteroatoms. The van der Waals surface area contributed by atoms with Gasteiger partial charge < -0.3 is 20.7 Å². The summed E-state index contributed by atoms with van der Waals surface area (Å²) in [5.41, 5.74) is 3.06. The molecule has 1 aromatic carbocycles. The number of nitrogens with one attached hydrogen (secondary N) is 3. The van der Waals surface area contributed by atoms with E-state index in [1.807, 2.05) is 30.3 Å². The second kappa shape index (κ2) is 11.3. The Morgan fingerprint density at radius 3 is 2.81 bits per heavy atom. The number of anilines is 1. The number of benzene rings is 1. The quantitative estimate of drug-likeness (QED) is 0.298. The number of amides is 1. The van der Waals surface area contributed by atoms with Gasteiger partial charge in [-0.15, -0.1) is 24.0 Å². The van der Waals surface area contributed by atoms with Crippen molar-refractivity contribution in [3.8, 4) is 5.88 Å². The minimum atomic E-state index is 0. The standard InChI is InChI=1S/C23H29N5O2.HI/c1-24-23(27-15-17-13-21(29)28-20-11-5-4-10-19(17)20)26-14-16-7-6-12-25-22(16)30-18-8-2-3-9-18;/h4-7,10-12,17-18H,2-3,8-9,13-15H2,1H3,(H,28,29)(H2,24,26,27);1H. The summed E-state index contributed by atoms with van der Waals surface area (Å²) in [5, 5.41) is 9.65. The molecule has 1 unspecified atom stereocenters. The number of ether oxygens (including phenoxy) is 1. The van der Waals surface area contributed by atoms with E-state index in [2.05, 4.69) is 32.0 Å². The van der Waals surface area contributed by atoms with Crippen molar-refractivity contribution < 1.29 is 9.53 Å². The fourth-order valence-corrected chi connectivity index (χ4v) is 4.13. The van der Waals surface area contributed by atoms with Gasteiger partial charge in [-0.25, -0.2) is 4.98 Å². The lowest BCUT2D eigenvalue weighted by atomic mass is 9.90. The Bertz CT molecular complexity index is 914. The highest BCUT2D eigenvalue weighted by atomic mass is 127. The molecule has 4 rings (SSSR count). The predicted molar refractivity (Wildman–Crippen MR) is 133 cm³/mol. The molecule has 0 radical (unpaired) electrons. The highest BCUT2D eigenvalue weighted by Gasteiger charge is 2.25. The SMILES string of the molecule is CN=C(NCc1cccnc1OC1CCCC1)NCC1CC(=O)Nc2ccccc21.I. The molecule has 31 heavy (non-hydrogen) atoms. The normalized spacial score (nSPS) is 18.5. The van der Waals surface area contributed by atoms with Gasteiger partial charge in [-0.3, -0.25) is 9.79 Å². The molecule has 0 spiro atoms. The summed E-state index contributed by atoms with van der Waals surface area (Å²) >= 11 is 0. The third-order valence-corrected chi connectivity index (χ3v) is 5.72. The molecule has 1 atom stereocenters. The monoisotopic (exact) mass is 535 g/mol. The molecule has 2 aliphatic rings. The average Bonchev–Trinajstić information content (AvgIpc) is 3.27. The maximum absolute atomic E-state index is 12.0. The van der Waals surface area contributed by atoms with Crippen LogP contribution in [-0.4, -0.2) is 36.5 Å². The van der Waals surface area contributed by atoms with Crippen molar-refractivity contribution >= 4 is 41.5 Å². The molecule has 1 fully saturated rings. The van der Waals surface area contributed by atoms with Crippen LogP contribution in [-0.2, 0) is 11.3 Å². The van der Waals surface area contributed by atoms with E-state index in [1.165, 1.54) is 12.8 Å². The van der Waals surface area contributed by atoms with Crippen LogP contribution in [0.2, 0.25) is 0 Å². The molecular weight excluding hydrogens is 505 g/mol. The van der Waals surface area contributed by atoms with Gasteiger partial charge >= 0.3 is 0 Å². The van der Waals surface area contributed by atoms with Crippen molar-refractivity contribution in [2.75, 3.05) is 18.9 Å². The molecule has 1 aromatic heterocycles. The molecule has 1 aliphatic heterocycles. The second-order valence-electron chi connectivity index (χ2n) is 7.84. The van der Waals surface area contributed by atoms with Gasteiger partial charge in [-0.2, -0.15) is 0 Å². The van der Waals surface area contributed by atoms with Crippen molar-refractivity contribution in [1.82, 2.24) is 15.6 Å². The number of carbonyl (C=O) groups is 1. The number of aromatic nitrogens is 1. The largest absolute Gasteiger partial charge is 0.474 e. The first-order valence-electron chi connectivity index (χ1n) is 10.7. The number of carbonyl (C=O) groups excluding carboxylic acids is 1. The van der Waals surface area contributed by atoms with Gasteiger partial charge in [0.15, 0.2) is 5.96 Å².